The molecule has 3 nitrogen and oxygen atoms in total. The van der Waals surface area contributed by atoms with Gasteiger partial charge < -0.3 is 10.1 Å². The van der Waals surface area contributed by atoms with E-state index in [4.69, 9.17) is 5.11 Å². The van der Waals surface area contributed by atoms with Gasteiger partial charge in [0.2, 0.25) is 0 Å². The second-order valence-corrected chi connectivity index (χ2v) is 5.21. The van der Waals surface area contributed by atoms with Crippen LogP contribution in [0.4, 0.5) is 0 Å². The fourth-order valence-electron chi connectivity index (χ4n) is 1.66. The van der Waals surface area contributed by atoms with Gasteiger partial charge in [-0.15, -0.1) is 0 Å². The minimum atomic E-state index is -0.849. The van der Waals surface area contributed by atoms with Crippen molar-refractivity contribution in [1.29, 1.82) is 0 Å². The zero-order valence-electron chi connectivity index (χ0n) is 10.7. The van der Waals surface area contributed by atoms with Crippen LogP contribution in [0.3, 0.4) is 0 Å². The minimum absolute atomic E-state index is 0.00264. The topological polar surface area (TPSA) is 53.1 Å². The van der Waals surface area contributed by atoms with Crippen molar-refractivity contribution in [3.8, 4) is 0 Å². The third-order valence-corrected chi connectivity index (χ3v) is 3.27. The molecule has 0 fully saturated rings. The maximum atomic E-state index is 11.1. The molecular formula is C13H21NO2. The van der Waals surface area contributed by atoms with Crippen LogP contribution >= 0.6 is 0 Å². The van der Waals surface area contributed by atoms with Gasteiger partial charge in [-0.05, 0) is 18.4 Å². The summed E-state index contributed by atoms with van der Waals surface area (Å²) in [7, 11) is 0. The molecule has 90 valence electrons. The zero-order valence-corrected chi connectivity index (χ0v) is 10.7. The molecule has 0 saturated carbocycles. The predicted octanol–water partition coefficient (Wildman–Crippen LogP) is 3.52. The number of carbonyl (C=O) groups is 1. The van der Waals surface area contributed by atoms with Crippen molar-refractivity contribution in [2.75, 3.05) is 0 Å². The lowest BCUT2D eigenvalue weighted by Crippen LogP contribution is -2.16. The average Bonchev–Trinajstić information content (AvgIpc) is 2.62. The van der Waals surface area contributed by atoms with Crippen LogP contribution in [0.15, 0.2) is 6.07 Å². The van der Waals surface area contributed by atoms with Crippen molar-refractivity contribution in [3.05, 3.63) is 23.0 Å². The Labute approximate surface area is 96.9 Å². The summed E-state index contributed by atoms with van der Waals surface area (Å²) in [4.78, 5) is 14.4. The van der Waals surface area contributed by atoms with Crippen LogP contribution in [0.5, 0.6) is 0 Å². The Morgan fingerprint density at radius 3 is 2.38 bits per heavy atom. The highest BCUT2D eigenvalue weighted by Gasteiger charge is 2.25. The Bertz CT molecular complexity index is 389. The molecular weight excluding hydrogens is 202 g/mol. The number of aromatic amines is 1. The molecule has 1 heterocycles. The number of aromatic nitrogens is 1. The van der Waals surface area contributed by atoms with E-state index in [0.717, 1.165) is 17.8 Å². The van der Waals surface area contributed by atoms with Gasteiger partial charge in [-0.2, -0.15) is 0 Å². The van der Waals surface area contributed by atoms with Crippen LogP contribution in [0.1, 0.15) is 68.7 Å². The summed E-state index contributed by atoms with van der Waals surface area (Å²) in [5.74, 6) is -0.648. The third kappa shape index (κ3) is 2.29. The Morgan fingerprint density at radius 1 is 1.50 bits per heavy atom. The van der Waals surface area contributed by atoms with E-state index in [1.165, 1.54) is 0 Å². The molecule has 1 aromatic heterocycles. The molecule has 3 heteroatoms. The molecule has 0 spiro atoms. The van der Waals surface area contributed by atoms with Gasteiger partial charge in [0, 0.05) is 16.8 Å². The van der Waals surface area contributed by atoms with Gasteiger partial charge in [0.25, 0.3) is 0 Å². The van der Waals surface area contributed by atoms with Crippen LogP contribution in [0.2, 0.25) is 0 Å². The largest absolute Gasteiger partial charge is 0.478 e. The number of hydrogen-bond acceptors (Lipinski definition) is 1. The van der Waals surface area contributed by atoms with Crippen LogP contribution in [-0.2, 0) is 5.41 Å². The van der Waals surface area contributed by atoms with E-state index in [1.54, 1.807) is 6.07 Å². The lowest BCUT2D eigenvalue weighted by molar-refractivity contribution is 0.0695. The van der Waals surface area contributed by atoms with Gasteiger partial charge in [-0.1, -0.05) is 34.6 Å². The maximum absolute atomic E-state index is 11.1. The number of nitrogens with one attached hydrogen (secondary N) is 1. The first-order chi connectivity index (χ1) is 7.29. The van der Waals surface area contributed by atoms with Crippen molar-refractivity contribution in [2.24, 2.45) is 0 Å². The van der Waals surface area contributed by atoms with E-state index < -0.39 is 5.97 Å². The Balaban J connectivity index is 3.27. The van der Waals surface area contributed by atoms with E-state index in [2.05, 4.69) is 25.8 Å². The summed E-state index contributed by atoms with van der Waals surface area (Å²) >= 11 is 0. The molecule has 0 aliphatic carbocycles. The molecule has 0 aliphatic heterocycles. The van der Waals surface area contributed by atoms with Crippen molar-refractivity contribution >= 4 is 5.97 Å². The summed E-state index contributed by atoms with van der Waals surface area (Å²) < 4.78 is 0. The highest BCUT2D eigenvalue weighted by Crippen LogP contribution is 2.30. The fourth-order valence-corrected chi connectivity index (χ4v) is 1.66. The summed E-state index contributed by atoms with van der Waals surface area (Å²) in [6.07, 6.45) is 0.976. The van der Waals surface area contributed by atoms with Crippen molar-refractivity contribution < 1.29 is 9.90 Å². The molecule has 0 amide bonds. The Hall–Kier alpha value is -1.25. The minimum Gasteiger partial charge on any atom is -0.478 e. The number of carboxylic acid groups (broad SMARTS) is 1. The standard InChI is InChI=1S/C13H21NO2/c1-6-13(4,5)10-7-9(12(15)16)11(14-10)8(2)3/h7-8,14H,6H2,1-5H3,(H,15,16). The van der Waals surface area contributed by atoms with E-state index in [0.29, 0.717) is 5.56 Å². The molecule has 2 N–H and O–H groups in total. The molecule has 0 radical (unpaired) electrons. The second-order valence-electron chi connectivity index (χ2n) is 5.21. The van der Waals surface area contributed by atoms with E-state index in [-0.39, 0.29) is 11.3 Å². The quantitative estimate of drug-likeness (QED) is 0.820. The van der Waals surface area contributed by atoms with Crippen LogP contribution in [0, 0.1) is 0 Å². The van der Waals surface area contributed by atoms with E-state index >= 15 is 0 Å². The zero-order chi connectivity index (χ0) is 12.5. The maximum Gasteiger partial charge on any atom is 0.337 e. The third-order valence-electron chi connectivity index (χ3n) is 3.27. The Morgan fingerprint density at radius 2 is 2.06 bits per heavy atom. The molecule has 0 bridgehead atoms. The van der Waals surface area contributed by atoms with E-state index in [1.807, 2.05) is 13.8 Å². The van der Waals surface area contributed by atoms with Gasteiger partial charge in [-0.25, -0.2) is 4.79 Å². The molecule has 16 heavy (non-hydrogen) atoms. The van der Waals surface area contributed by atoms with Crippen molar-refractivity contribution in [2.45, 2.75) is 52.4 Å². The molecule has 0 unspecified atom stereocenters. The molecule has 0 atom stereocenters. The molecule has 1 aromatic rings. The van der Waals surface area contributed by atoms with Crippen LogP contribution in [-0.4, -0.2) is 16.1 Å². The monoisotopic (exact) mass is 223 g/mol. The lowest BCUT2D eigenvalue weighted by atomic mass is 9.86. The number of hydrogen-bond donors (Lipinski definition) is 2. The van der Waals surface area contributed by atoms with E-state index in [9.17, 15) is 4.79 Å². The second kappa shape index (κ2) is 4.32. The SMILES string of the molecule is CCC(C)(C)c1cc(C(=O)O)c(C(C)C)[nH]1. The van der Waals surface area contributed by atoms with Crippen LogP contribution in [0.25, 0.3) is 0 Å². The first-order valence-corrected chi connectivity index (χ1v) is 5.76. The summed E-state index contributed by atoms with van der Waals surface area (Å²) in [5.41, 5.74) is 2.24. The summed E-state index contributed by atoms with van der Waals surface area (Å²) in [5, 5.41) is 9.15. The molecule has 1 rings (SSSR count). The van der Waals surface area contributed by atoms with Crippen molar-refractivity contribution in [3.63, 3.8) is 0 Å². The Kier molecular flexibility index (Phi) is 3.46. The predicted molar refractivity (Wildman–Crippen MR) is 65.2 cm³/mol. The number of carboxylic acids is 1. The number of rotatable bonds is 4. The molecule has 0 aromatic carbocycles. The van der Waals surface area contributed by atoms with Crippen molar-refractivity contribution in [1.82, 2.24) is 4.98 Å². The number of aromatic carboxylic acids is 1. The first kappa shape index (κ1) is 12.8. The van der Waals surface area contributed by atoms with Gasteiger partial charge >= 0.3 is 5.97 Å². The summed E-state index contributed by atoms with van der Waals surface area (Å²) in [6.45, 7) is 10.3. The highest BCUT2D eigenvalue weighted by atomic mass is 16.4. The normalized spacial score (nSPS) is 12.1. The number of H-pyrrole nitrogens is 1. The first-order valence-electron chi connectivity index (χ1n) is 5.76. The van der Waals surface area contributed by atoms with Gasteiger partial charge in [-0.3, -0.25) is 0 Å². The van der Waals surface area contributed by atoms with Gasteiger partial charge in [0.15, 0.2) is 0 Å². The van der Waals surface area contributed by atoms with Gasteiger partial charge in [0.1, 0.15) is 0 Å². The smallest absolute Gasteiger partial charge is 0.337 e. The van der Waals surface area contributed by atoms with Gasteiger partial charge in [0.05, 0.1) is 5.56 Å². The van der Waals surface area contributed by atoms with Crippen LogP contribution < -0.4 is 0 Å². The molecule has 0 aliphatic rings. The lowest BCUT2D eigenvalue weighted by Gasteiger charge is -2.21. The average molecular weight is 223 g/mol. The fraction of sp³-hybridized carbons (Fsp3) is 0.615. The summed E-state index contributed by atoms with van der Waals surface area (Å²) in [6, 6.07) is 1.78. The highest BCUT2D eigenvalue weighted by molar-refractivity contribution is 5.89. The molecule has 0 saturated heterocycles.